The van der Waals surface area contributed by atoms with Gasteiger partial charge in [-0.3, -0.25) is 0 Å². The van der Waals surface area contributed by atoms with Crippen molar-refractivity contribution in [2.75, 3.05) is 0 Å². The Balaban J connectivity index is 2.64. The maximum Gasteiger partial charge on any atom is 0.375 e. The molecule has 1 N–H and O–H groups in total. The van der Waals surface area contributed by atoms with Crippen molar-refractivity contribution < 1.29 is 9.90 Å². The monoisotopic (exact) mass is 359 g/mol. The van der Waals surface area contributed by atoms with Crippen molar-refractivity contribution in [2.45, 2.75) is 6.92 Å². The van der Waals surface area contributed by atoms with Crippen molar-refractivity contribution in [1.82, 2.24) is 14.8 Å². The van der Waals surface area contributed by atoms with E-state index in [1.165, 1.54) is 4.68 Å². The van der Waals surface area contributed by atoms with Crippen LogP contribution in [0.1, 0.15) is 16.4 Å². The minimum Gasteiger partial charge on any atom is -0.475 e. The number of para-hydroxylation sites is 1. The van der Waals surface area contributed by atoms with Crippen molar-refractivity contribution in [3.63, 3.8) is 0 Å². The van der Waals surface area contributed by atoms with Gasteiger partial charge in [0.2, 0.25) is 0 Å². The molecular formula is C10H7Br2N3O2. The van der Waals surface area contributed by atoms with Crippen molar-refractivity contribution in [3.05, 3.63) is 38.8 Å². The number of nitrogens with zero attached hydrogens (tertiary/aromatic N) is 3. The lowest BCUT2D eigenvalue weighted by Crippen LogP contribution is -2.03. The van der Waals surface area contributed by atoms with Crippen molar-refractivity contribution in [1.29, 1.82) is 0 Å². The molecule has 0 unspecified atom stereocenters. The van der Waals surface area contributed by atoms with E-state index in [2.05, 4.69) is 41.9 Å². The number of carboxylic acids is 1. The first-order valence-corrected chi connectivity index (χ1v) is 6.20. The molecule has 2 rings (SSSR count). The summed E-state index contributed by atoms with van der Waals surface area (Å²) < 4.78 is 3.09. The minimum absolute atomic E-state index is 0.217. The number of aromatic carboxylic acids is 1. The van der Waals surface area contributed by atoms with Crippen LogP contribution >= 0.6 is 31.9 Å². The molecule has 0 aliphatic rings. The van der Waals surface area contributed by atoms with Crippen molar-refractivity contribution in [3.8, 4) is 5.69 Å². The van der Waals surface area contributed by atoms with Crippen LogP contribution in [-0.2, 0) is 0 Å². The number of rotatable bonds is 2. The minimum atomic E-state index is -1.14. The molecule has 0 saturated carbocycles. The topological polar surface area (TPSA) is 68.0 Å². The van der Waals surface area contributed by atoms with E-state index in [4.69, 9.17) is 5.11 Å². The highest BCUT2D eigenvalue weighted by Gasteiger charge is 2.16. The molecule has 17 heavy (non-hydrogen) atoms. The van der Waals surface area contributed by atoms with Crippen LogP contribution in [-0.4, -0.2) is 25.8 Å². The van der Waals surface area contributed by atoms with Crippen LogP contribution in [0.4, 0.5) is 0 Å². The Morgan fingerprint density at radius 3 is 2.41 bits per heavy atom. The molecule has 7 heteroatoms. The number of halogens is 2. The van der Waals surface area contributed by atoms with Gasteiger partial charge in [0, 0.05) is 8.95 Å². The third-order valence-corrected chi connectivity index (χ3v) is 3.39. The zero-order chi connectivity index (χ0) is 12.6. The third kappa shape index (κ3) is 2.25. The maximum absolute atomic E-state index is 10.8. The second-order valence-electron chi connectivity index (χ2n) is 3.27. The standard InChI is InChI=1S/C10H7Br2N3O2/c1-5-13-9(10(16)17)14-15(5)8-6(11)3-2-4-7(8)12/h2-4H,1H3,(H,16,17). The molecule has 0 saturated heterocycles. The summed E-state index contributed by atoms with van der Waals surface area (Å²) >= 11 is 6.80. The molecule has 0 aliphatic heterocycles. The first-order chi connectivity index (χ1) is 8.00. The predicted octanol–water partition coefficient (Wildman–Crippen LogP) is 2.80. The predicted molar refractivity (Wildman–Crippen MR) is 68.5 cm³/mol. The van der Waals surface area contributed by atoms with Gasteiger partial charge in [0.15, 0.2) is 0 Å². The van der Waals surface area contributed by atoms with Gasteiger partial charge in [0.25, 0.3) is 5.82 Å². The van der Waals surface area contributed by atoms with E-state index in [1.54, 1.807) is 6.92 Å². The number of hydrogen-bond acceptors (Lipinski definition) is 3. The molecule has 1 heterocycles. The number of benzene rings is 1. The summed E-state index contributed by atoms with van der Waals surface area (Å²) in [7, 11) is 0. The highest BCUT2D eigenvalue weighted by molar-refractivity contribution is 9.11. The number of carbonyl (C=O) groups is 1. The van der Waals surface area contributed by atoms with Crippen LogP contribution in [0.5, 0.6) is 0 Å². The zero-order valence-electron chi connectivity index (χ0n) is 8.69. The van der Waals surface area contributed by atoms with E-state index < -0.39 is 5.97 Å². The fourth-order valence-electron chi connectivity index (χ4n) is 1.38. The Labute approximate surface area is 114 Å². The van der Waals surface area contributed by atoms with Gasteiger partial charge in [-0.2, -0.15) is 0 Å². The van der Waals surface area contributed by atoms with Gasteiger partial charge >= 0.3 is 5.97 Å². The molecule has 0 atom stereocenters. The molecule has 88 valence electrons. The van der Waals surface area contributed by atoms with Gasteiger partial charge in [0.05, 0.1) is 5.69 Å². The van der Waals surface area contributed by atoms with E-state index >= 15 is 0 Å². The van der Waals surface area contributed by atoms with E-state index in [9.17, 15) is 4.79 Å². The van der Waals surface area contributed by atoms with Crippen LogP contribution in [0.3, 0.4) is 0 Å². The number of aromatic nitrogens is 3. The molecule has 0 spiro atoms. The first kappa shape index (κ1) is 12.3. The largest absolute Gasteiger partial charge is 0.475 e. The smallest absolute Gasteiger partial charge is 0.375 e. The summed E-state index contributed by atoms with van der Waals surface area (Å²) in [5, 5.41) is 12.8. The summed E-state index contributed by atoms with van der Waals surface area (Å²) in [6, 6.07) is 5.56. The van der Waals surface area contributed by atoms with E-state index in [0.29, 0.717) is 5.82 Å². The molecule has 0 radical (unpaired) electrons. The summed E-state index contributed by atoms with van der Waals surface area (Å²) in [4.78, 5) is 14.7. The average molecular weight is 361 g/mol. The number of aryl methyl sites for hydroxylation is 1. The SMILES string of the molecule is Cc1nc(C(=O)O)nn1-c1c(Br)cccc1Br. The van der Waals surface area contributed by atoms with Crippen LogP contribution in [0.2, 0.25) is 0 Å². The average Bonchev–Trinajstić information content (AvgIpc) is 2.61. The summed E-state index contributed by atoms with van der Waals surface area (Å²) in [6.45, 7) is 1.70. The van der Waals surface area contributed by atoms with Crippen LogP contribution in [0.15, 0.2) is 27.1 Å². The Bertz CT molecular complexity index is 575. The third-order valence-electron chi connectivity index (χ3n) is 2.11. The Morgan fingerprint density at radius 1 is 1.35 bits per heavy atom. The summed E-state index contributed by atoms with van der Waals surface area (Å²) in [6.07, 6.45) is 0. The molecule has 0 bridgehead atoms. The van der Waals surface area contributed by atoms with Crippen molar-refractivity contribution in [2.24, 2.45) is 0 Å². The van der Waals surface area contributed by atoms with Crippen LogP contribution in [0.25, 0.3) is 5.69 Å². The van der Waals surface area contributed by atoms with Gasteiger partial charge < -0.3 is 5.11 Å². The van der Waals surface area contributed by atoms with Crippen LogP contribution in [0, 0.1) is 6.92 Å². The molecule has 2 aromatic rings. The molecule has 1 aromatic heterocycles. The van der Waals surface area contributed by atoms with E-state index in [1.807, 2.05) is 18.2 Å². The highest BCUT2D eigenvalue weighted by atomic mass is 79.9. The lowest BCUT2D eigenvalue weighted by Gasteiger charge is -2.07. The summed E-state index contributed by atoms with van der Waals surface area (Å²) in [5.41, 5.74) is 0.727. The van der Waals surface area contributed by atoms with Gasteiger partial charge in [0.1, 0.15) is 5.82 Å². The zero-order valence-corrected chi connectivity index (χ0v) is 11.9. The quantitative estimate of drug-likeness (QED) is 0.894. The van der Waals surface area contributed by atoms with E-state index in [0.717, 1.165) is 14.6 Å². The van der Waals surface area contributed by atoms with Crippen LogP contribution < -0.4 is 0 Å². The highest BCUT2D eigenvalue weighted by Crippen LogP contribution is 2.29. The normalized spacial score (nSPS) is 10.5. The maximum atomic E-state index is 10.8. The fourth-order valence-corrected chi connectivity index (χ4v) is 2.72. The van der Waals surface area contributed by atoms with Gasteiger partial charge in [-0.05, 0) is 50.9 Å². The lowest BCUT2D eigenvalue weighted by atomic mass is 10.3. The second kappa shape index (κ2) is 4.58. The molecule has 5 nitrogen and oxygen atoms in total. The lowest BCUT2D eigenvalue weighted by molar-refractivity contribution is 0.0683. The molecule has 0 fully saturated rings. The van der Waals surface area contributed by atoms with Gasteiger partial charge in [-0.1, -0.05) is 6.07 Å². The fraction of sp³-hybridized carbons (Fsp3) is 0.100. The number of carboxylic acid groups (broad SMARTS) is 1. The van der Waals surface area contributed by atoms with Gasteiger partial charge in [-0.15, -0.1) is 5.10 Å². The molecular weight excluding hydrogens is 354 g/mol. The Morgan fingerprint density at radius 2 is 1.94 bits per heavy atom. The first-order valence-electron chi connectivity index (χ1n) is 4.62. The summed E-state index contributed by atoms with van der Waals surface area (Å²) in [5.74, 6) is -0.852. The Hall–Kier alpha value is -1.21. The Kier molecular flexibility index (Phi) is 3.30. The molecule has 0 amide bonds. The molecule has 0 aliphatic carbocycles. The molecule has 1 aromatic carbocycles. The van der Waals surface area contributed by atoms with E-state index in [-0.39, 0.29) is 5.82 Å². The second-order valence-corrected chi connectivity index (χ2v) is 4.98. The van der Waals surface area contributed by atoms with Crippen molar-refractivity contribution >= 4 is 37.8 Å². The number of hydrogen-bond donors (Lipinski definition) is 1. The van der Waals surface area contributed by atoms with Gasteiger partial charge in [-0.25, -0.2) is 14.5 Å².